The Balaban J connectivity index is 1.50. The molecule has 2 aromatic rings. The fourth-order valence-corrected chi connectivity index (χ4v) is 3.04. The normalized spacial score (nSPS) is 22.8. The lowest BCUT2D eigenvalue weighted by Crippen LogP contribution is -2.44. The summed E-state index contributed by atoms with van der Waals surface area (Å²) in [4.78, 5) is 11.7. The lowest BCUT2D eigenvalue weighted by Gasteiger charge is -2.34. The van der Waals surface area contributed by atoms with E-state index in [9.17, 15) is 4.79 Å². The van der Waals surface area contributed by atoms with Crippen LogP contribution in [-0.2, 0) is 32.2 Å². The van der Waals surface area contributed by atoms with Crippen LogP contribution in [-0.4, -0.2) is 24.9 Å². The van der Waals surface area contributed by atoms with Crippen molar-refractivity contribution in [2.75, 3.05) is 6.61 Å². The van der Waals surface area contributed by atoms with E-state index < -0.39 is 12.2 Å². The van der Waals surface area contributed by atoms with E-state index in [1.165, 1.54) is 0 Å². The molecule has 1 amide bonds. The molecule has 5 nitrogen and oxygen atoms in total. The lowest BCUT2D eigenvalue weighted by molar-refractivity contribution is -0.232. The van der Waals surface area contributed by atoms with Crippen molar-refractivity contribution in [3.63, 3.8) is 0 Å². The third kappa shape index (κ3) is 5.39. The maximum Gasteiger partial charge on any atom is 0.225 e. The molecule has 0 aliphatic carbocycles. The van der Waals surface area contributed by atoms with Crippen LogP contribution < -0.4 is 5.73 Å². The number of primary amides is 1. The minimum Gasteiger partial charge on any atom is -0.374 e. The van der Waals surface area contributed by atoms with Gasteiger partial charge < -0.3 is 19.9 Å². The van der Waals surface area contributed by atoms with Crippen LogP contribution in [0.1, 0.15) is 24.0 Å². The summed E-state index contributed by atoms with van der Waals surface area (Å²) in [7, 11) is 0. The second kappa shape index (κ2) is 9.48. The van der Waals surface area contributed by atoms with E-state index in [0.29, 0.717) is 26.2 Å². The fourth-order valence-electron chi connectivity index (χ4n) is 3.04. The molecule has 1 saturated heterocycles. The van der Waals surface area contributed by atoms with Gasteiger partial charge >= 0.3 is 0 Å². The summed E-state index contributed by atoms with van der Waals surface area (Å²) in [5, 5.41) is 0. The summed E-state index contributed by atoms with van der Waals surface area (Å²) in [6, 6.07) is 19.8. The first-order valence-corrected chi connectivity index (χ1v) is 8.94. The highest BCUT2D eigenvalue weighted by molar-refractivity contribution is 5.77. The highest BCUT2D eigenvalue weighted by atomic mass is 16.7. The molecule has 1 aliphatic rings. The van der Waals surface area contributed by atoms with Gasteiger partial charge in [0.1, 0.15) is 0 Å². The molecule has 0 bridgehead atoms. The Morgan fingerprint density at radius 3 is 2.19 bits per heavy atom. The van der Waals surface area contributed by atoms with Crippen molar-refractivity contribution in [1.82, 2.24) is 0 Å². The average Bonchev–Trinajstić information content (AvgIpc) is 2.68. The SMILES string of the molecule is NC(=O)C1CCC(COCc2ccccc2)OC1OCc1ccccc1. The van der Waals surface area contributed by atoms with Gasteiger partial charge in [-0.05, 0) is 24.0 Å². The van der Waals surface area contributed by atoms with Crippen molar-refractivity contribution in [1.29, 1.82) is 0 Å². The average molecular weight is 355 g/mol. The number of ether oxygens (including phenoxy) is 3. The van der Waals surface area contributed by atoms with Gasteiger partial charge in [-0.2, -0.15) is 0 Å². The summed E-state index contributed by atoms with van der Waals surface area (Å²) >= 11 is 0. The van der Waals surface area contributed by atoms with Crippen molar-refractivity contribution in [2.24, 2.45) is 11.7 Å². The van der Waals surface area contributed by atoms with Crippen LogP contribution in [0.3, 0.4) is 0 Å². The number of carbonyl (C=O) groups excluding carboxylic acids is 1. The molecule has 0 radical (unpaired) electrons. The number of rotatable bonds is 8. The van der Waals surface area contributed by atoms with E-state index in [2.05, 4.69) is 0 Å². The zero-order valence-corrected chi connectivity index (χ0v) is 14.8. The Hall–Kier alpha value is -2.21. The summed E-state index contributed by atoms with van der Waals surface area (Å²) in [5.74, 6) is -0.809. The number of nitrogens with two attached hydrogens (primary N) is 1. The molecule has 3 rings (SSSR count). The topological polar surface area (TPSA) is 70.8 Å². The number of hydrogen-bond acceptors (Lipinski definition) is 4. The Morgan fingerprint density at radius 1 is 0.962 bits per heavy atom. The monoisotopic (exact) mass is 355 g/mol. The van der Waals surface area contributed by atoms with Gasteiger partial charge in [-0.3, -0.25) is 4.79 Å². The zero-order valence-electron chi connectivity index (χ0n) is 14.8. The van der Waals surface area contributed by atoms with E-state index in [1.807, 2.05) is 60.7 Å². The smallest absolute Gasteiger partial charge is 0.225 e. The Labute approximate surface area is 154 Å². The zero-order chi connectivity index (χ0) is 18.2. The second-order valence-electron chi connectivity index (χ2n) is 6.51. The number of benzene rings is 2. The van der Waals surface area contributed by atoms with Crippen molar-refractivity contribution in [3.05, 3.63) is 71.8 Å². The van der Waals surface area contributed by atoms with Gasteiger partial charge in [-0.25, -0.2) is 0 Å². The highest BCUT2D eigenvalue weighted by Gasteiger charge is 2.35. The minimum absolute atomic E-state index is 0.102. The van der Waals surface area contributed by atoms with Crippen LogP contribution in [0, 0.1) is 5.92 Å². The van der Waals surface area contributed by atoms with Gasteiger partial charge in [0.2, 0.25) is 5.91 Å². The third-order valence-electron chi connectivity index (χ3n) is 4.49. The van der Waals surface area contributed by atoms with Gasteiger partial charge in [0.05, 0.1) is 31.8 Å². The van der Waals surface area contributed by atoms with Crippen LogP contribution >= 0.6 is 0 Å². The van der Waals surface area contributed by atoms with Crippen LogP contribution in [0.25, 0.3) is 0 Å². The molecule has 0 aromatic heterocycles. The molecule has 26 heavy (non-hydrogen) atoms. The summed E-state index contributed by atoms with van der Waals surface area (Å²) in [5.41, 5.74) is 7.67. The van der Waals surface area contributed by atoms with E-state index in [4.69, 9.17) is 19.9 Å². The molecule has 3 unspecified atom stereocenters. The molecule has 3 atom stereocenters. The van der Waals surface area contributed by atoms with Crippen molar-refractivity contribution < 1.29 is 19.0 Å². The third-order valence-corrected chi connectivity index (χ3v) is 4.49. The molecule has 1 heterocycles. The van der Waals surface area contributed by atoms with Crippen LogP contribution in [0.4, 0.5) is 0 Å². The maximum atomic E-state index is 11.7. The molecule has 0 spiro atoms. The molecule has 0 saturated carbocycles. The predicted octanol–water partition coefficient (Wildman–Crippen LogP) is 3.03. The standard InChI is InChI=1S/C21H25NO4/c22-20(23)19-12-11-18(15-24-13-16-7-3-1-4-8-16)26-21(19)25-14-17-9-5-2-6-10-17/h1-10,18-19,21H,11-15H2,(H2,22,23). The fraction of sp³-hybridized carbons (Fsp3) is 0.381. The first-order chi connectivity index (χ1) is 12.7. The molecular weight excluding hydrogens is 330 g/mol. The Bertz CT molecular complexity index is 677. The predicted molar refractivity (Wildman–Crippen MR) is 97.9 cm³/mol. The first kappa shape index (κ1) is 18.6. The summed E-state index contributed by atoms with van der Waals surface area (Å²) < 4.78 is 17.6. The lowest BCUT2D eigenvalue weighted by atomic mass is 9.96. The van der Waals surface area contributed by atoms with Crippen molar-refractivity contribution in [3.8, 4) is 0 Å². The van der Waals surface area contributed by atoms with Crippen LogP contribution in [0.5, 0.6) is 0 Å². The highest BCUT2D eigenvalue weighted by Crippen LogP contribution is 2.27. The van der Waals surface area contributed by atoms with E-state index in [-0.39, 0.29) is 12.0 Å². The molecule has 2 N–H and O–H groups in total. The van der Waals surface area contributed by atoms with E-state index in [1.54, 1.807) is 0 Å². The Morgan fingerprint density at radius 2 is 1.58 bits per heavy atom. The van der Waals surface area contributed by atoms with E-state index in [0.717, 1.165) is 17.5 Å². The molecular formula is C21H25NO4. The van der Waals surface area contributed by atoms with Gasteiger partial charge in [0.25, 0.3) is 0 Å². The quantitative estimate of drug-likeness (QED) is 0.790. The molecule has 1 fully saturated rings. The van der Waals surface area contributed by atoms with E-state index >= 15 is 0 Å². The van der Waals surface area contributed by atoms with Gasteiger partial charge in [0, 0.05) is 0 Å². The second-order valence-corrected chi connectivity index (χ2v) is 6.51. The largest absolute Gasteiger partial charge is 0.374 e. The number of carbonyl (C=O) groups is 1. The number of hydrogen-bond donors (Lipinski definition) is 1. The Kier molecular flexibility index (Phi) is 6.77. The van der Waals surface area contributed by atoms with Gasteiger partial charge in [0.15, 0.2) is 6.29 Å². The van der Waals surface area contributed by atoms with Gasteiger partial charge in [-0.15, -0.1) is 0 Å². The minimum atomic E-state index is -0.633. The van der Waals surface area contributed by atoms with Crippen molar-refractivity contribution >= 4 is 5.91 Å². The van der Waals surface area contributed by atoms with Crippen LogP contribution in [0.15, 0.2) is 60.7 Å². The van der Waals surface area contributed by atoms with Gasteiger partial charge in [-0.1, -0.05) is 60.7 Å². The molecule has 5 heteroatoms. The van der Waals surface area contributed by atoms with Crippen molar-refractivity contribution in [2.45, 2.75) is 38.4 Å². The number of amides is 1. The summed E-state index contributed by atoms with van der Waals surface area (Å²) in [6.45, 7) is 1.38. The van der Waals surface area contributed by atoms with Crippen LogP contribution in [0.2, 0.25) is 0 Å². The maximum absolute atomic E-state index is 11.7. The summed E-state index contributed by atoms with van der Waals surface area (Å²) in [6.07, 6.45) is 0.642. The molecule has 2 aromatic carbocycles. The molecule has 138 valence electrons. The first-order valence-electron chi connectivity index (χ1n) is 8.94. The molecule has 1 aliphatic heterocycles.